The van der Waals surface area contributed by atoms with Crippen LogP contribution in [0.4, 0.5) is 13.2 Å². The summed E-state index contributed by atoms with van der Waals surface area (Å²) in [5.74, 6) is -0.737. The number of hydrogen-bond acceptors (Lipinski definition) is 1. The van der Waals surface area contributed by atoms with Gasteiger partial charge < -0.3 is 5.11 Å². The third kappa shape index (κ3) is 17.3. The number of alkyl halides is 3. The van der Waals surface area contributed by atoms with Crippen LogP contribution in [0.15, 0.2) is 0 Å². The third-order valence-corrected chi connectivity index (χ3v) is 3.10. The van der Waals surface area contributed by atoms with Gasteiger partial charge in [0, 0.05) is 12.8 Å². The summed E-state index contributed by atoms with van der Waals surface area (Å²) in [6.45, 7) is 0. The minimum absolute atomic E-state index is 0.249. The first-order chi connectivity index (χ1) is 8.92. The van der Waals surface area contributed by atoms with Gasteiger partial charge in [-0.25, -0.2) is 0 Å². The fourth-order valence-corrected chi connectivity index (χ4v) is 2.02. The van der Waals surface area contributed by atoms with Crippen molar-refractivity contribution in [2.75, 3.05) is 0 Å². The third-order valence-electron chi connectivity index (χ3n) is 3.10. The fraction of sp³-hybridized carbons (Fsp3) is 0.929. The van der Waals surface area contributed by atoms with Gasteiger partial charge in [0.15, 0.2) is 0 Å². The zero-order valence-electron chi connectivity index (χ0n) is 11.5. The second kappa shape index (κ2) is 11.1. The topological polar surface area (TPSA) is 37.3 Å². The van der Waals surface area contributed by atoms with E-state index in [1.165, 1.54) is 0 Å². The molecule has 0 heterocycles. The highest BCUT2D eigenvalue weighted by atomic mass is 19.4. The van der Waals surface area contributed by atoms with Gasteiger partial charge in [0.25, 0.3) is 0 Å². The van der Waals surface area contributed by atoms with Crippen molar-refractivity contribution in [1.29, 1.82) is 0 Å². The summed E-state index contributed by atoms with van der Waals surface area (Å²) >= 11 is 0. The molecular weight excluding hydrogens is 257 g/mol. The van der Waals surface area contributed by atoms with E-state index in [4.69, 9.17) is 5.11 Å². The van der Waals surface area contributed by atoms with Crippen LogP contribution in [0.5, 0.6) is 0 Å². The summed E-state index contributed by atoms with van der Waals surface area (Å²) in [6.07, 6.45) is 4.43. The standard InChI is InChI=1S/C14H25F3O2/c15-14(16,17)12-10-8-6-4-2-1-3-5-7-9-11-13(18)19/h1-12H2,(H,18,19). The van der Waals surface area contributed by atoms with E-state index in [0.717, 1.165) is 51.4 Å². The Morgan fingerprint density at radius 1 is 0.737 bits per heavy atom. The molecule has 0 radical (unpaired) electrons. The molecule has 0 spiro atoms. The Hall–Kier alpha value is -0.740. The molecule has 0 aliphatic heterocycles. The van der Waals surface area contributed by atoms with Crippen molar-refractivity contribution in [3.8, 4) is 0 Å². The molecule has 0 aromatic heterocycles. The van der Waals surface area contributed by atoms with E-state index in [1.807, 2.05) is 0 Å². The molecule has 0 aliphatic rings. The summed E-state index contributed by atoms with van der Waals surface area (Å²) in [7, 11) is 0. The van der Waals surface area contributed by atoms with Gasteiger partial charge >= 0.3 is 12.1 Å². The number of carbonyl (C=O) groups is 1. The molecule has 0 bridgehead atoms. The van der Waals surface area contributed by atoms with Crippen LogP contribution in [0.1, 0.15) is 77.0 Å². The molecule has 0 amide bonds. The van der Waals surface area contributed by atoms with Crippen LogP contribution in [0, 0.1) is 0 Å². The van der Waals surface area contributed by atoms with Crippen molar-refractivity contribution >= 4 is 5.97 Å². The average molecular weight is 282 g/mol. The molecule has 0 rings (SSSR count). The van der Waals surface area contributed by atoms with Crippen LogP contribution in [-0.2, 0) is 4.79 Å². The molecular formula is C14H25F3O2. The van der Waals surface area contributed by atoms with Gasteiger partial charge in [-0.15, -0.1) is 0 Å². The van der Waals surface area contributed by atoms with Gasteiger partial charge in [-0.1, -0.05) is 51.4 Å². The number of hydrogen-bond donors (Lipinski definition) is 1. The van der Waals surface area contributed by atoms with Crippen LogP contribution in [0.2, 0.25) is 0 Å². The number of carboxylic acid groups (broad SMARTS) is 1. The van der Waals surface area contributed by atoms with Gasteiger partial charge in [-0.3, -0.25) is 4.79 Å². The molecule has 0 aromatic carbocycles. The highest BCUT2D eigenvalue weighted by Gasteiger charge is 2.25. The van der Waals surface area contributed by atoms with Crippen LogP contribution in [0.25, 0.3) is 0 Å². The van der Waals surface area contributed by atoms with E-state index in [-0.39, 0.29) is 12.8 Å². The fourth-order valence-electron chi connectivity index (χ4n) is 2.02. The number of aliphatic carboxylic acids is 1. The maximum atomic E-state index is 11.8. The predicted molar refractivity (Wildman–Crippen MR) is 69.1 cm³/mol. The number of unbranched alkanes of at least 4 members (excludes halogenated alkanes) is 9. The molecule has 0 saturated heterocycles. The molecule has 114 valence electrons. The van der Waals surface area contributed by atoms with Crippen molar-refractivity contribution in [2.45, 2.75) is 83.2 Å². The molecule has 2 nitrogen and oxygen atoms in total. The van der Waals surface area contributed by atoms with Crippen molar-refractivity contribution in [1.82, 2.24) is 0 Å². The summed E-state index contributed by atoms with van der Waals surface area (Å²) in [4.78, 5) is 10.3. The molecule has 0 aliphatic carbocycles. The first-order valence-corrected chi connectivity index (χ1v) is 7.20. The van der Waals surface area contributed by atoms with Gasteiger partial charge in [0.2, 0.25) is 0 Å². The first kappa shape index (κ1) is 18.3. The smallest absolute Gasteiger partial charge is 0.389 e. The van der Waals surface area contributed by atoms with Crippen molar-refractivity contribution in [2.24, 2.45) is 0 Å². The summed E-state index contributed by atoms with van der Waals surface area (Å²) in [5.41, 5.74) is 0. The highest BCUT2D eigenvalue weighted by Crippen LogP contribution is 2.23. The Labute approximate surface area is 113 Å². The van der Waals surface area contributed by atoms with Gasteiger partial charge in [0.05, 0.1) is 0 Å². The normalized spacial score (nSPS) is 11.7. The second-order valence-electron chi connectivity index (χ2n) is 5.04. The van der Waals surface area contributed by atoms with Gasteiger partial charge in [-0.05, 0) is 12.8 Å². The Kier molecular flexibility index (Phi) is 10.7. The van der Waals surface area contributed by atoms with E-state index >= 15 is 0 Å². The van der Waals surface area contributed by atoms with Crippen LogP contribution in [0.3, 0.4) is 0 Å². The summed E-state index contributed by atoms with van der Waals surface area (Å²) in [6, 6.07) is 0. The molecule has 0 atom stereocenters. The lowest BCUT2D eigenvalue weighted by Crippen LogP contribution is -2.06. The Morgan fingerprint density at radius 3 is 1.47 bits per heavy atom. The van der Waals surface area contributed by atoms with E-state index in [2.05, 4.69) is 0 Å². The van der Waals surface area contributed by atoms with E-state index in [1.54, 1.807) is 0 Å². The maximum Gasteiger partial charge on any atom is 0.389 e. The Balaban J connectivity index is 3.05. The Bertz CT molecular complexity index is 227. The van der Waals surface area contributed by atoms with Crippen LogP contribution < -0.4 is 0 Å². The molecule has 0 unspecified atom stereocenters. The first-order valence-electron chi connectivity index (χ1n) is 7.20. The molecule has 0 fully saturated rings. The largest absolute Gasteiger partial charge is 0.481 e. The summed E-state index contributed by atoms with van der Waals surface area (Å²) < 4.78 is 35.5. The van der Waals surface area contributed by atoms with Crippen LogP contribution in [-0.4, -0.2) is 17.3 Å². The quantitative estimate of drug-likeness (QED) is 0.492. The Morgan fingerprint density at radius 2 is 1.11 bits per heavy atom. The summed E-state index contributed by atoms with van der Waals surface area (Å²) in [5, 5.41) is 8.44. The zero-order valence-corrected chi connectivity index (χ0v) is 11.5. The highest BCUT2D eigenvalue weighted by molar-refractivity contribution is 5.66. The molecule has 0 saturated carbocycles. The average Bonchev–Trinajstić information content (AvgIpc) is 2.28. The zero-order chi connectivity index (χ0) is 14.6. The number of halogens is 3. The SMILES string of the molecule is O=C(O)CCCCCCCCCCCCC(F)(F)F. The monoisotopic (exact) mass is 282 g/mol. The lowest BCUT2D eigenvalue weighted by molar-refractivity contribution is -0.137. The lowest BCUT2D eigenvalue weighted by Gasteiger charge is -2.05. The van der Waals surface area contributed by atoms with Crippen molar-refractivity contribution in [3.05, 3.63) is 0 Å². The van der Waals surface area contributed by atoms with Gasteiger partial charge in [0.1, 0.15) is 0 Å². The lowest BCUT2D eigenvalue weighted by atomic mass is 10.1. The molecule has 1 N–H and O–H groups in total. The maximum absolute atomic E-state index is 11.8. The van der Waals surface area contributed by atoms with Crippen LogP contribution >= 0.6 is 0 Å². The van der Waals surface area contributed by atoms with E-state index in [0.29, 0.717) is 6.42 Å². The molecule has 5 heteroatoms. The minimum Gasteiger partial charge on any atom is -0.481 e. The van der Waals surface area contributed by atoms with Crippen molar-refractivity contribution in [3.63, 3.8) is 0 Å². The van der Waals surface area contributed by atoms with E-state index in [9.17, 15) is 18.0 Å². The van der Waals surface area contributed by atoms with Gasteiger partial charge in [-0.2, -0.15) is 13.2 Å². The molecule has 19 heavy (non-hydrogen) atoms. The van der Waals surface area contributed by atoms with E-state index < -0.39 is 18.6 Å². The number of rotatable bonds is 12. The second-order valence-corrected chi connectivity index (χ2v) is 5.04. The minimum atomic E-state index is -4.00. The number of carboxylic acids is 1. The van der Waals surface area contributed by atoms with Crippen molar-refractivity contribution < 1.29 is 23.1 Å². The molecule has 0 aromatic rings. The predicted octanol–water partition coefficient (Wildman–Crippen LogP) is 5.31.